The Labute approximate surface area is 137 Å². The van der Waals surface area contributed by atoms with Gasteiger partial charge in [-0.25, -0.2) is 4.79 Å². The molecular formula is C16H32N2O3S. The van der Waals surface area contributed by atoms with E-state index in [0.717, 1.165) is 25.7 Å². The summed E-state index contributed by atoms with van der Waals surface area (Å²) < 4.78 is 11.9. The first kappa shape index (κ1) is 19.4. The van der Waals surface area contributed by atoms with Crippen molar-refractivity contribution >= 4 is 16.8 Å². The van der Waals surface area contributed by atoms with Gasteiger partial charge in [0.15, 0.2) is 0 Å². The number of aliphatic hydroxyl groups is 1. The molecular weight excluding hydrogens is 300 g/mol. The van der Waals surface area contributed by atoms with Crippen LogP contribution in [-0.2, 0) is 10.8 Å². The summed E-state index contributed by atoms with van der Waals surface area (Å²) in [7, 11) is -0.773. The number of rotatable bonds is 7. The number of nitrogens with one attached hydrogen (secondary N) is 2. The summed E-state index contributed by atoms with van der Waals surface area (Å²) in [5.74, 6) is 0.692. The quantitative estimate of drug-likeness (QED) is 0.668. The summed E-state index contributed by atoms with van der Waals surface area (Å²) in [6, 6.07) is -0.0410. The van der Waals surface area contributed by atoms with Crippen molar-refractivity contribution in [3.63, 3.8) is 0 Å². The number of carbonyl (C=O) groups is 1. The Balaban J connectivity index is 2.37. The molecule has 130 valence electrons. The van der Waals surface area contributed by atoms with Crippen LogP contribution >= 0.6 is 0 Å². The number of amides is 2. The maximum absolute atomic E-state index is 12.0. The summed E-state index contributed by atoms with van der Waals surface area (Å²) in [4.78, 5) is 12.0. The van der Waals surface area contributed by atoms with Crippen LogP contribution in [0.25, 0.3) is 0 Å². The molecule has 0 aromatic rings. The van der Waals surface area contributed by atoms with Gasteiger partial charge in [-0.3, -0.25) is 4.21 Å². The summed E-state index contributed by atoms with van der Waals surface area (Å²) in [6.07, 6.45) is 4.07. The maximum atomic E-state index is 12.0. The molecule has 0 aromatic heterocycles. The molecule has 4 atom stereocenters. The van der Waals surface area contributed by atoms with E-state index in [4.69, 9.17) is 0 Å². The predicted molar refractivity (Wildman–Crippen MR) is 91.3 cm³/mol. The number of aliphatic hydroxyl groups excluding tert-OH is 1. The first-order chi connectivity index (χ1) is 10.2. The second-order valence-corrected chi connectivity index (χ2v) is 9.20. The lowest BCUT2D eigenvalue weighted by Gasteiger charge is -2.30. The fraction of sp³-hybridized carbons (Fsp3) is 0.938. The van der Waals surface area contributed by atoms with E-state index in [0.29, 0.717) is 18.7 Å². The van der Waals surface area contributed by atoms with Gasteiger partial charge in [0.1, 0.15) is 0 Å². The van der Waals surface area contributed by atoms with E-state index in [9.17, 15) is 14.1 Å². The minimum absolute atomic E-state index is 0.120. The van der Waals surface area contributed by atoms with Gasteiger partial charge >= 0.3 is 6.03 Å². The van der Waals surface area contributed by atoms with Crippen LogP contribution in [0.4, 0.5) is 4.79 Å². The maximum Gasteiger partial charge on any atom is 0.315 e. The summed E-state index contributed by atoms with van der Waals surface area (Å²) in [6.45, 7) is 8.30. The second kappa shape index (κ2) is 8.87. The Bertz CT molecular complexity index is 386. The Hall–Kier alpha value is -0.620. The minimum Gasteiger partial charge on any atom is -0.393 e. The third kappa shape index (κ3) is 7.09. The van der Waals surface area contributed by atoms with Gasteiger partial charge in [-0.1, -0.05) is 27.2 Å². The van der Waals surface area contributed by atoms with E-state index in [1.165, 1.54) is 0 Å². The predicted octanol–water partition coefficient (Wildman–Crippen LogP) is 2.16. The van der Waals surface area contributed by atoms with Gasteiger partial charge < -0.3 is 15.7 Å². The molecule has 1 rings (SSSR count). The van der Waals surface area contributed by atoms with Gasteiger partial charge in [0.05, 0.1) is 6.10 Å². The van der Waals surface area contributed by atoms with Gasteiger partial charge in [0, 0.05) is 34.4 Å². The number of urea groups is 1. The molecule has 0 saturated heterocycles. The van der Waals surface area contributed by atoms with E-state index in [1.807, 2.05) is 20.8 Å². The average Bonchev–Trinajstić information content (AvgIpc) is 2.43. The van der Waals surface area contributed by atoms with Gasteiger partial charge in [0.2, 0.25) is 0 Å². The molecule has 6 heteroatoms. The zero-order chi connectivity index (χ0) is 16.8. The fourth-order valence-electron chi connectivity index (χ4n) is 3.18. The molecule has 1 aliphatic carbocycles. The number of hydrogen-bond donors (Lipinski definition) is 3. The Morgan fingerprint density at radius 3 is 2.68 bits per heavy atom. The van der Waals surface area contributed by atoms with Crippen LogP contribution < -0.4 is 10.6 Å². The third-order valence-electron chi connectivity index (χ3n) is 4.19. The summed E-state index contributed by atoms with van der Waals surface area (Å²) >= 11 is 0. The molecule has 0 spiro atoms. The molecule has 22 heavy (non-hydrogen) atoms. The van der Waals surface area contributed by atoms with Gasteiger partial charge in [0.25, 0.3) is 0 Å². The zero-order valence-corrected chi connectivity index (χ0v) is 15.2. The molecule has 4 unspecified atom stereocenters. The molecule has 1 saturated carbocycles. The van der Waals surface area contributed by atoms with E-state index in [2.05, 4.69) is 10.6 Å². The molecule has 0 heterocycles. The zero-order valence-electron chi connectivity index (χ0n) is 14.4. The lowest BCUT2D eigenvalue weighted by Crippen LogP contribution is -2.47. The fourth-order valence-corrected chi connectivity index (χ4v) is 4.53. The van der Waals surface area contributed by atoms with E-state index >= 15 is 0 Å². The monoisotopic (exact) mass is 332 g/mol. The van der Waals surface area contributed by atoms with Crippen molar-refractivity contribution in [1.82, 2.24) is 10.6 Å². The first-order valence-electron chi connectivity index (χ1n) is 8.33. The van der Waals surface area contributed by atoms with Gasteiger partial charge in [-0.2, -0.15) is 0 Å². The Morgan fingerprint density at radius 1 is 1.41 bits per heavy atom. The van der Waals surface area contributed by atoms with Crippen LogP contribution in [0.2, 0.25) is 0 Å². The lowest BCUT2D eigenvalue weighted by molar-refractivity contribution is 0.128. The van der Waals surface area contributed by atoms with Crippen molar-refractivity contribution < 1.29 is 14.1 Å². The first-order valence-corrected chi connectivity index (χ1v) is 9.71. The smallest absolute Gasteiger partial charge is 0.315 e. The highest BCUT2D eigenvalue weighted by Crippen LogP contribution is 2.23. The molecule has 0 bridgehead atoms. The minimum atomic E-state index is -0.773. The van der Waals surface area contributed by atoms with Gasteiger partial charge in [-0.15, -0.1) is 0 Å². The number of hydrogen-bond acceptors (Lipinski definition) is 3. The largest absolute Gasteiger partial charge is 0.393 e. The molecule has 1 aliphatic rings. The molecule has 0 radical (unpaired) electrons. The third-order valence-corrected chi connectivity index (χ3v) is 5.93. The van der Waals surface area contributed by atoms with Crippen LogP contribution in [0.5, 0.6) is 0 Å². The van der Waals surface area contributed by atoms with Crippen molar-refractivity contribution in [2.75, 3.05) is 12.3 Å². The van der Waals surface area contributed by atoms with Crippen molar-refractivity contribution in [3.8, 4) is 0 Å². The second-order valence-electron chi connectivity index (χ2n) is 7.20. The van der Waals surface area contributed by atoms with Gasteiger partial charge in [-0.05, 0) is 38.0 Å². The lowest BCUT2D eigenvalue weighted by atomic mass is 9.87. The summed E-state index contributed by atoms with van der Waals surface area (Å²) in [5.41, 5.74) is -0.135. The van der Waals surface area contributed by atoms with Crippen LogP contribution in [0.1, 0.15) is 59.8 Å². The molecule has 1 fully saturated rings. The normalized spacial score (nSPS) is 25.3. The van der Waals surface area contributed by atoms with Crippen LogP contribution in [0.3, 0.4) is 0 Å². The number of carbonyl (C=O) groups excluding carboxylic acids is 1. The average molecular weight is 333 g/mol. The molecule has 3 N–H and O–H groups in total. The van der Waals surface area contributed by atoms with Crippen molar-refractivity contribution in [3.05, 3.63) is 0 Å². The van der Waals surface area contributed by atoms with Crippen LogP contribution in [0.15, 0.2) is 0 Å². The molecule has 0 aliphatic heterocycles. The topological polar surface area (TPSA) is 78.4 Å². The molecule has 2 amide bonds. The highest BCUT2D eigenvalue weighted by atomic mass is 32.2. The highest BCUT2D eigenvalue weighted by molar-refractivity contribution is 7.85. The van der Waals surface area contributed by atoms with Crippen LogP contribution in [0, 0.1) is 5.41 Å². The van der Waals surface area contributed by atoms with Crippen molar-refractivity contribution in [2.24, 2.45) is 5.41 Å². The summed E-state index contributed by atoms with van der Waals surface area (Å²) in [5, 5.41) is 15.6. The van der Waals surface area contributed by atoms with Crippen molar-refractivity contribution in [2.45, 2.75) is 77.2 Å². The standard InChI is InChI=1S/C16H32N2O3S/c1-5-22(21)14-8-6-7-13(9-14)18-15(20)17-11-16(3,4)10-12(2)19/h12-14,19H,5-11H2,1-4H3,(H2,17,18,20). The highest BCUT2D eigenvalue weighted by Gasteiger charge is 2.27. The van der Waals surface area contributed by atoms with E-state index in [-0.39, 0.29) is 28.8 Å². The van der Waals surface area contributed by atoms with E-state index < -0.39 is 10.8 Å². The van der Waals surface area contributed by atoms with Crippen LogP contribution in [-0.4, -0.2) is 45.0 Å². The Morgan fingerprint density at radius 2 is 2.09 bits per heavy atom. The molecule has 0 aromatic carbocycles. The Kier molecular flexibility index (Phi) is 7.83. The van der Waals surface area contributed by atoms with E-state index in [1.54, 1.807) is 6.92 Å². The molecule has 5 nitrogen and oxygen atoms in total. The SMILES string of the molecule is CCS(=O)C1CCCC(NC(=O)NCC(C)(C)CC(C)O)C1. The van der Waals surface area contributed by atoms with Crippen molar-refractivity contribution in [1.29, 1.82) is 0 Å².